The van der Waals surface area contributed by atoms with E-state index in [0.717, 1.165) is 0 Å². The van der Waals surface area contributed by atoms with E-state index in [1.54, 1.807) is 6.92 Å². The van der Waals surface area contributed by atoms with Crippen molar-refractivity contribution < 1.29 is 24.5 Å². The molecule has 0 fully saturated rings. The van der Waals surface area contributed by atoms with Crippen molar-refractivity contribution in [3.8, 4) is 0 Å². The number of carbonyl (C=O) groups excluding carboxylic acids is 1. The van der Waals surface area contributed by atoms with Crippen LogP contribution < -0.4 is 0 Å². The first-order valence-electron chi connectivity index (χ1n) is 5.86. The molecule has 0 bridgehead atoms. The summed E-state index contributed by atoms with van der Waals surface area (Å²) in [6, 6.07) is 0. The van der Waals surface area contributed by atoms with Crippen LogP contribution in [-0.4, -0.2) is 35.4 Å². The summed E-state index contributed by atoms with van der Waals surface area (Å²) in [5, 5.41) is 16.6. The molecule has 0 aromatic heterocycles. The summed E-state index contributed by atoms with van der Waals surface area (Å²) in [5.41, 5.74) is 0.658. The quantitative estimate of drug-likeness (QED) is 0.592. The number of ether oxygens (including phenoxy) is 1. The second kappa shape index (κ2) is 9.33. The third-order valence-corrected chi connectivity index (χ3v) is 1.72. The van der Waals surface area contributed by atoms with Crippen LogP contribution in [0.1, 0.15) is 34.1 Å². The molecule has 110 valence electrons. The Labute approximate surface area is 114 Å². The van der Waals surface area contributed by atoms with Crippen molar-refractivity contribution in [1.29, 1.82) is 0 Å². The highest BCUT2D eigenvalue weighted by Gasteiger charge is 2.15. The van der Waals surface area contributed by atoms with Crippen molar-refractivity contribution in [3.63, 3.8) is 0 Å². The summed E-state index contributed by atoms with van der Waals surface area (Å²) < 4.78 is 4.46. The SMILES string of the molecule is C=C(C)C(=O)OCCO.C=C(CC(C)(C)C)C(=O)O. The number of carbonyl (C=O) groups is 2. The van der Waals surface area contributed by atoms with Crippen LogP contribution >= 0.6 is 0 Å². The summed E-state index contributed by atoms with van der Waals surface area (Å²) in [7, 11) is 0. The Morgan fingerprint density at radius 3 is 1.89 bits per heavy atom. The minimum atomic E-state index is -0.894. The van der Waals surface area contributed by atoms with Crippen molar-refractivity contribution >= 4 is 11.9 Å². The maximum atomic E-state index is 10.5. The first-order chi connectivity index (χ1) is 8.51. The number of aliphatic hydroxyl groups is 1. The normalized spacial score (nSPS) is 9.95. The highest BCUT2D eigenvalue weighted by atomic mass is 16.5. The fraction of sp³-hybridized carbons (Fsp3) is 0.571. The van der Waals surface area contributed by atoms with E-state index >= 15 is 0 Å². The number of aliphatic carboxylic acids is 1. The molecular weight excluding hydrogens is 248 g/mol. The lowest BCUT2D eigenvalue weighted by Crippen LogP contribution is -2.10. The summed E-state index contributed by atoms with van der Waals surface area (Å²) in [6.07, 6.45) is 0.544. The van der Waals surface area contributed by atoms with Gasteiger partial charge in [-0.3, -0.25) is 0 Å². The van der Waals surface area contributed by atoms with Crippen LogP contribution in [0.5, 0.6) is 0 Å². The largest absolute Gasteiger partial charge is 0.478 e. The molecule has 5 heteroatoms. The number of hydrogen-bond donors (Lipinski definition) is 2. The van der Waals surface area contributed by atoms with Gasteiger partial charge >= 0.3 is 11.9 Å². The van der Waals surface area contributed by atoms with Crippen LogP contribution in [0.25, 0.3) is 0 Å². The lowest BCUT2D eigenvalue weighted by molar-refractivity contribution is -0.140. The lowest BCUT2D eigenvalue weighted by atomic mass is 9.88. The van der Waals surface area contributed by atoms with E-state index in [4.69, 9.17) is 10.2 Å². The highest BCUT2D eigenvalue weighted by Crippen LogP contribution is 2.22. The van der Waals surface area contributed by atoms with E-state index in [1.807, 2.05) is 20.8 Å². The molecule has 0 aromatic rings. The van der Waals surface area contributed by atoms with Crippen LogP contribution in [0.3, 0.4) is 0 Å². The van der Waals surface area contributed by atoms with Crippen LogP contribution in [0, 0.1) is 5.41 Å². The van der Waals surface area contributed by atoms with Gasteiger partial charge < -0.3 is 14.9 Å². The Bertz CT molecular complexity index is 336. The molecule has 0 saturated carbocycles. The fourth-order valence-corrected chi connectivity index (χ4v) is 0.977. The Morgan fingerprint density at radius 1 is 1.21 bits per heavy atom. The monoisotopic (exact) mass is 272 g/mol. The van der Waals surface area contributed by atoms with E-state index in [1.165, 1.54) is 0 Å². The van der Waals surface area contributed by atoms with E-state index < -0.39 is 11.9 Å². The van der Waals surface area contributed by atoms with E-state index in [-0.39, 0.29) is 24.2 Å². The van der Waals surface area contributed by atoms with E-state index in [9.17, 15) is 9.59 Å². The Morgan fingerprint density at radius 2 is 1.68 bits per heavy atom. The van der Waals surface area contributed by atoms with E-state index in [0.29, 0.717) is 12.0 Å². The molecule has 0 aliphatic carbocycles. The molecule has 0 rings (SSSR count). The van der Waals surface area contributed by atoms with Gasteiger partial charge in [0.15, 0.2) is 0 Å². The van der Waals surface area contributed by atoms with Crippen molar-refractivity contribution in [2.45, 2.75) is 34.1 Å². The summed E-state index contributed by atoms with van der Waals surface area (Å²) in [6.45, 7) is 14.2. The van der Waals surface area contributed by atoms with Crippen molar-refractivity contribution in [2.24, 2.45) is 5.41 Å². The molecule has 0 radical (unpaired) electrons. The maximum Gasteiger partial charge on any atom is 0.333 e. The van der Waals surface area contributed by atoms with Crippen LogP contribution in [0.2, 0.25) is 0 Å². The van der Waals surface area contributed by atoms with Crippen molar-refractivity contribution in [2.75, 3.05) is 13.2 Å². The average Bonchev–Trinajstić information content (AvgIpc) is 2.24. The molecular formula is C14H24O5. The van der Waals surface area contributed by atoms with Gasteiger partial charge in [0.2, 0.25) is 0 Å². The Kier molecular flexibility index (Phi) is 9.68. The predicted molar refractivity (Wildman–Crippen MR) is 73.7 cm³/mol. The Hall–Kier alpha value is -1.62. The molecule has 0 unspecified atom stereocenters. The molecule has 19 heavy (non-hydrogen) atoms. The number of carboxylic acid groups (broad SMARTS) is 1. The van der Waals surface area contributed by atoms with Crippen molar-refractivity contribution in [1.82, 2.24) is 0 Å². The van der Waals surface area contributed by atoms with E-state index in [2.05, 4.69) is 17.9 Å². The summed E-state index contributed by atoms with van der Waals surface area (Å²) in [4.78, 5) is 20.7. The molecule has 0 amide bonds. The number of esters is 1. The molecule has 0 aliphatic heterocycles. The van der Waals surface area contributed by atoms with Gasteiger partial charge in [-0.1, -0.05) is 33.9 Å². The standard InChI is InChI=1S/C8H14O2.C6H10O3/c1-6(7(9)10)5-8(2,3)4;1-5(2)6(8)9-4-3-7/h1,5H2,2-4H3,(H,9,10);7H,1,3-4H2,2H3. The first-order valence-corrected chi connectivity index (χ1v) is 5.86. The van der Waals surface area contributed by atoms with Gasteiger partial charge in [0, 0.05) is 11.1 Å². The first kappa shape index (κ1) is 19.7. The number of aliphatic hydroxyl groups excluding tert-OH is 1. The zero-order chi connectivity index (χ0) is 15.6. The average molecular weight is 272 g/mol. The predicted octanol–water partition coefficient (Wildman–Crippen LogP) is 2.16. The number of hydrogen-bond acceptors (Lipinski definition) is 4. The minimum absolute atomic E-state index is 0.0233. The van der Waals surface area contributed by atoms with Crippen molar-refractivity contribution in [3.05, 3.63) is 24.3 Å². The fourth-order valence-electron chi connectivity index (χ4n) is 0.977. The molecule has 0 aromatic carbocycles. The molecule has 0 atom stereocenters. The zero-order valence-corrected chi connectivity index (χ0v) is 12.2. The smallest absolute Gasteiger partial charge is 0.333 e. The molecule has 0 aliphatic rings. The molecule has 5 nitrogen and oxygen atoms in total. The summed E-state index contributed by atoms with van der Waals surface area (Å²) >= 11 is 0. The second-order valence-corrected chi connectivity index (χ2v) is 5.29. The van der Waals surface area contributed by atoms with Gasteiger partial charge in [0.25, 0.3) is 0 Å². The lowest BCUT2D eigenvalue weighted by Gasteiger charge is -2.17. The van der Waals surface area contributed by atoms with Gasteiger partial charge in [-0.15, -0.1) is 0 Å². The number of rotatable bonds is 5. The van der Waals surface area contributed by atoms with Gasteiger partial charge in [-0.25, -0.2) is 9.59 Å². The maximum absolute atomic E-state index is 10.5. The van der Waals surface area contributed by atoms with Crippen LogP contribution in [0.4, 0.5) is 0 Å². The zero-order valence-electron chi connectivity index (χ0n) is 12.2. The third-order valence-electron chi connectivity index (χ3n) is 1.72. The summed E-state index contributed by atoms with van der Waals surface area (Å²) in [5.74, 6) is -1.35. The number of carboxylic acids is 1. The molecule has 0 saturated heterocycles. The van der Waals surface area contributed by atoms with Gasteiger partial charge in [-0.2, -0.15) is 0 Å². The van der Waals surface area contributed by atoms with Crippen LogP contribution in [-0.2, 0) is 14.3 Å². The highest BCUT2D eigenvalue weighted by molar-refractivity contribution is 5.87. The van der Waals surface area contributed by atoms with Crippen LogP contribution in [0.15, 0.2) is 24.3 Å². The molecule has 0 heterocycles. The third kappa shape index (κ3) is 14.3. The van der Waals surface area contributed by atoms with Gasteiger partial charge in [-0.05, 0) is 18.8 Å². The minimum Gasteiger partial charge on any atom is -0.478 e. The topological polar surface area (TPSA) is 83.8 Å². The molecule has 2 N–H and O–H groups in total. The molecule has 0 spiro atoms. The second-order valence-electron chi connectivity index (χ2n) is 5.29. The van der Waals surface area contributed by atoms with Gasteiger partial charge in [0.1, 0.15) is 6.61 Å². The Balaban J connectivity index is 0. The van der Waals surface area contributed by atoms with Gasteiger partial charge in [0.05, 0.1) is 6.61 Å².